The summed E-state index contributed by atoms with van der Waals surface area (Å²) in [6, 6.07) is 7.19. The Bertz CT molecular complexity index is 580. The van der Waals surface area contributed by atoms with Crippen molar-refractivity contribution in [1.82, 2.24) is 5.16 Å². The van der Waals surface area contributed by atoms with Crippen molar-refractivity contribution in [2.24, 2.45) is 0 Å². The Hall–Kier alpha value is -1.95. The number of aromatic nitrogens is 1. The van der Waals surface area contributed by atoms with Gasteiger partial charge < -0.3 is 15.4 Å². The monoisotopic (exact) mass is 264 g/mol. The van der Waals surface area contributed by atoms with Gasteiger partial charge in [0, 0.05) is 16.6 Å². The van der Waals surface area contributed by atoms with Gasteiger partial charge in [0.05, 0.1) is 5.75 Å². The highest BCUT2D eigenvalue weighted by atomic mass is 32.2. The number of anilines is 1. The Balaban J connectivity index is 2.06. The van der Waals surface area contributed by atoms with Crippen molar-refractivity contribution in [3.63, 3.8) is 0 Å². The van der Waals surface area contributed by atoms with Crippen LogP contribution >= 0.6 is 11.8 Å². The van der Waals surface area contributed by atoms with Crippen molar-refractivity contribution < 1.29 is 14.4 Å². The van der Waals surface area contributed by atoms with Crippen LogP contribution in [0, 0.1) is 6.92 Å². The minimum absolute atomic E-state index is 0.0807. The van der Waals surface area contributed by atoms with E-state index in [-0.39, 0.29) is 5.69 Å². The fourth-order valence-electron chi connectivity index (χ4n) is 1.40. The molecule has 0 fully saturated rings. The molecule has 0 spiro atoms. The highest BCUT2D eigenvalue weighted by Gasteiger charge is 2.11. The number of carbonyl (C=O) groups is 1. The van der Waals surface area contributed by atoms with E-state index >= 15 is 0 Å². The predicted molar refractivity (Wildman–Crippen MR) is 68.6 cm³/mol. The number of carboxylic acids is 1. The van der Waals surface area contributed by atoms with Crippen LogP contribution < -0.4 is 5.73 Å². The van der Waals surface area contributed by atoms with Crippen molar-refractivity contribution in [3.8, 4) is 0 Å². The zero-order chi connectivity index (χ0) is 13.1. The molecule has 0 atom stereocenters. The maximum Gasteiger partial charge on any atom is 0.358 e. The number of hydrogen-bond donors (Lipinski definition) is 2. The molecule has 2 rings (SSSR count). The van der Waals surface area contributed by atoms with Gasteiger partial charge in [0.15, 0.2) is 5.69 Å². The van der Waals surface area contributed by atoms with Gasteiger partial charge in [0.2, 0.25) is 0 Å². The van der Waals surface area contributed by atoms with Crippen LogP contribution in [0.15, 0.2) is 33.7 Å². The second kappa shape index (κ2) is 5.14. The number of hydrogen-bond acceptors (Lipinski definition) is 5. The summed E-state index contributed by atoms with van der Waals surface area (Å²) >= 11 is 1.49. The molecular formula is C12H12N2O3S. The molecule has 1 aromatic heterocycles. The minimum Gasteiger partial charge on any atom is -0.476 e. The summed E-state index contributed by atoms with van der Waals surface area (Å²) in [5, 5.41) is 12.2. The highest BCUT2D eigenvalue weighted by Crippen LogP contribution is 2.29. The summed E-state index contributed by atoms with van der Waals surface area (Å²) in [7, 11) is 0. The Morgan fingerprint density at radius 1 is 1.50 bits per heavy atom. The van der Waals surface area contributed by atoms with E-state index in [0.717, 1.165) is 10.5 Å². The zero-order valence-corrected chi connectivity index (χ0v) is 10.5. The number of benzene rings is 1. The summed E-state index contributed by atoms with van der Waals surface area (Å²) in [6.45, 7) is 1.99. The van der Waals surface area contributed by atoms with E-state index in [9.17, 15) is 4.79 Å². The number of aryl methyl sites for hydroxylation is 1. The van der Waals surface area contributed by atoms with Crippen LogP contribution in [0.1, 0.15) is 21.8 Å². The van der Waals surface area contributed by atoms with Crippen LogP contribution in [-0.2, 0) is 5.75 Å². The molecule has 0 aliphatic heterocycles. The maximum atomic E-state index is 10.6. The third-order valence-corrected chi connectivity index (χ3v) is 3.41. The summed E-state index contributed by atoms with van der Waals surface area (Å²) in [5.74, 6) is -0.0862. The van der Waals surface area contributed by atoms with E-state index in [1.54, 1.807) is 0 Å². The first-order valence-electron chi connectivity index (χ1n) is 5.24. The number of rotatable bonds is 4. The van der Waals surface area contributed by atoms with Crippen molar-refractivity contribution >= 4 is 23.4 Å². The van der Waals surface area contributed by atoms with Gasteiger partial charge in [0.1, 0.15) is 5.76 Å². The first kappa shape index (κ1) is 12.5. The predicted octanol–water partition coefficient (Wildman–Crippen LogP) is 2.56. The molecule has 0 bridgehead atoms. The normalized spacial score (nSPS) is 10.5. The van der Waals surface area contributed by atoms with Gasteiger partial charge in [-0.3, -0.25) is 0 Å². The molecule has 0 saturated carbocycles. The molecule has 18 heavy (non-hydrogen) atoms. The molecule has 94 valence electrons. The van der Waals surface area contributed by atoms with Gasteiger partial charge in [0.25, 0.3) is 0 Å². The lowest BCUT2D eigenvalue weighted by molar-refractivity contribution is 0.0685. The molecule has 1 aromatic carbocycles. The first-order valence-corrected chi connectivity index (χ1v) is 6.22. The lowest BCUT2D eigenvalue weighted by atomic mass is 10.2. The largest absolute Gasteiger partial charge is 0.476 e. The molecule has 0 radical (unpaired) electrons. The van der Waals surface area contributed by atoms with E-state index < -0.39 is 5.97 Å². The number of nitrogens with two attached hydrogens (primary N) is 1. The second-order valence-electron chi connectivity index (χ2n) is 3.81. The van der Waals surface area contributed by atoms with Gasteiger partial charge in [-0.15, -0.1) is 11.8 Å². The fraction of sp³-hybridized carbons (Fsp3) is 0.167. The van der Waals surface area contributed by atoms with E-state index in [1.165, 1.54) is 17.8 Å². The van der Waals surface area contributed by atoms with Crippen LogP contribution in [0.5, 0.6) is 0 Å². The molecule has 0 amide bonds. The van der Waals surface area contributed by atoms with Gasteiger partial charge in [-0.1, -0.05) is 11.2 Å². The van der Waals surface area contributed by atoms with E-state index in [2.05, 4.69) is 5.16 Å². The summed E-state index contributed by atoms with van der Waals surface area (Å²) in [6.07, 6.45) is 0. The van der Waals surface area contributed by atoms with Crippen molar-refractivity contribution in [3.05, 3.63) is 41.3 Å². The van der Waals surface area contributed by atoms with Gasteiger partial charge in [-0.2, -0.15) is 0 Å². The van der Waals surface area contributed by atoms with Gasteiger partial charge in [-0.25, -0.2) is 4.79 Å². The topological polar surface area (TPSA) is 89.4 Å². The van der Waals surface area contributed by atoms with E-state index in [1.807, 2.05) is 25.1 Å². The van der Waals surface area contributed by atoms with Crippen molar-refractivity contribution in [1.29, 1.82) is 0 Å². The number of nitrogens with zero attached hydrogens (tertiary/aromatic N) is 1. The van der Waals surface area contributed by atoms with Crippen LogP contribution in [0.2, 0.25) is 0 Å². The zero-order valence-electron chi connectivity index (χ0n) is 9.71. The Labute approximate surface area is 108 Å². The molecule has 0 aliphatic rings. The van der Waals surface area contributed by atoms with Crippen LogP contribution in [-0.4, -0.2) is 16.2 Å². The first-order chi connectivity index (χ1) is 8.56. The summed E-state index contributed by atoms with van der Waals surface area (Å²) in [4.78, 5) is 11.6. The Morgan fingerprint density at radius 2 is 2.28 bits per heavy atom. The third-order valence-electron chi connectivity index (χ3n) is 2.32. The number of aromatic carboxylic acids is 1. The lowest BCUT2D eigenvalue weighted by Gasteiger charge is -2.04. The molecule has 0 unspecified atom stereocenters. The maximum absolute atomic E-state index is 10.6. The average molecular weight is 264 g/mol. The minimum atomic E-state index is -1.09. The number of carboxylic acid groups (broad SMARTS) is 1. The third kappa shape index (κ3) is 2.84. The Kier molecular flexibility index (Phi) is 3.57. The molecule has 2 aromatic rings. The summed E-state index contributed by atoms with van der Waals surface area (Å²) < 4.78 is 4.93. The van der Waals surface area contributed by atoms with Gasteiger partial charge >= 0.3 is 5.97 Å². The second-order valence-corrected chi connectivity index (χ2v) is 4.83. The summed E-state index contributed by atoms with van der Waals surface area (Å²) in [5.41, 5.74) is 7.58. The van der Waals surface area contributed by atoms with Crippen LogP contribution in [0.25, 0.3) is 0 Å². The van der Waals surface area contributed by atoms with Crippen LogP contribution in [0.3, 0.4) is 0 Å². The molecule has 3 N–H and O–H groups in total. The average Bonchev–Trinajstić information content (AvgIpc) is 2.79. The van der Waals surface area contributed by atoms with Gasteiger partial charge in [-0.05, 0) is 24.6 Å². The molecular weight excluding hydrogens is 252 g/mol. The highest BCUT2D eigenvalue weighted by molar-refractivity contribution is 7.98. The SMILES string of the molecule is Cc1ccc(N)c(SCc2cc(C(=O)O)no2)c1. The molecule has 5 nitrogen and oxygen atoms in total. The van der Waals surface area contributed by atoms with E-state index in [0.29, 0.717) is 17.2 Å². The lowest BCUT2D eigenvalue weighted by Crippen LogP contribution is -1.94. The van der Waals surface area contributed by atoms with Crippen molar-refractivity contribution in [2.75, 3.05) is 5.73 Å². The standard InChI is InChI=1S/C12H12N2O3S/c1-7-2-3-9(13)11(4-7)18-6-8-5-10(12(15)16)14-17-8/h2-5H,6,13H2,1H3,(H,15,16). The number of thioether (sulfide) groups is 1. The number of nitrogen functional groups attached to an aromatic ring is 1. The molecule has 1 heterocycles. The van der Waals surface area contributed by atoms with Crippen molar-refractivity contribution in [2.45, 2.75) is 17.6 Å². The smallest absolute Gasteiger partial charge is 0.358 e. The molecule has 6 heteroatoms. The quantitative estimate of drug-likeness (QED) is 0.651. The van der Waals surface area contributed by atoms with Crippen LogP contribution in [0.4, 0.5) is 5.69 Å². The fourth-order valence-corrected chi connectivity index (χ4v) is 2.33. The Morgan fingerprint density at radius 3 is 2.94 bits per heavy atom. The van der Waals surface area contributed by atoms with E-state index in [4.69, 9.17) is 15.4 Å². The molecule has 0 saturated heterocycles. The molecule has 0 aliphatic carbocycles.